The van der Waals surface area contributed by atoms with Crippen LogP contribution in [0.3, 0.4) is 0 Å². The summed E-state index contributed by atoms with van der Waals surface area (Å²) < 4.78 is 22.6. The lowest BCUT2D eigenvalue weighted by Crippen LogP contribution is -2.35. The molecule has 0 atom stereocenters. The van der Waals surface area contributed by atoms with Crippen LogP contribution in [0.5, 0.6) is 0 Å². The second kappa shape index (κ2) is 4.32. The van der Waals surface area contributed by atoms with Crippen LogP contribution in [0, 0.1) is 0 Å². The van der Waals surface area contributed by atoms with Crippen LogP contribution >= 0.6 is 0 Å². The first-order valence-electron chi connectivity index (χ1n) is 3.28. The second-order valence-corrected chi connectivity index (χ2v) is 4.20. The summed E-state index contributed by atoms with van der Waals surface area (Å²) in [7, 11) is -3.39. The maximum Gasteiger partial charge on any atom is 0.273 e. The molecule has 0 rings (SSSR count). The van der Waals surface area contributed by atoms with Gasteiger partial charge in [-0.3, -0.25) is 9.59 Å². The Hall–Kier alpha value is -0.750. The molecule has 0 aliphatic rings. The summed E-state index contributed by atoms with van der Waals surface area (Å²) in [5, 5.41) is 0. The van der Waals surface area contributed by atoms with Crippen LogP contribution in [-0.2, 0) is 19.6 Å². The van der Waals surface area contributed by atoms with Gasteiger partial charge in [0, 0.05) is 6.54 Å². The molecule has 0 amide bonds. The SMILES string of the molecule is CCN(CC(=O)[C]=O)S(C)(=O)=O. The quantitative estimate of drug-likeness (QED) is 0.521. The summed E-state index contributed by atoms with van der Waals surface area (Å²) in [4.78, 5) is 20.3. The second-order valence-electron chi connectivity index (χ2n) is 2.21. The maximum atomic E-state index is 10.9. The number of Topliss-reactive ketones (excluding diaryl/α,β-unsaturated/α-hetero) is 1. The van der Waals surface area contributed by atoms with Crippen LogP contribution in [0.2, 0.25) is 0 Å². The Bertz CT molecular complexity index is 269. The van der Waals surface area contributed by atoms with Crippen molar-refractivity contribution in [2.75, 3.05) is 19.3 Å². The van der Waals surface area contributed by atoms with Crippen LogP contribution in [0.4, 0.5) is 0 Å². The number of hydrogen-bond donors (Lipinski definition) is 0. The van der Waals surface area contributed by atoms with Crippen LogP contribution in [0.25, 0.3) is 0 Å². The highest BCUT2D eigenvalue weighted by molar-refractivity contribution is 7.88. The molecular weight excluding hydrogens is 182 g/mol. The van der Waals surface area contributed by atoms with E-state index in [-0.39, 0.29) is 6.54 Å². The summed E-state index contributed by atoms with van der Waals surface area (Å²) in [6.45, 7) is 1.34. The van der Waals surface area contributed by atoms with Crippen LogP contribution < -0.4 is 0 Å². The molecule has 12 heavy (non-hydrogen) atoms. The topological polar surface area (TPSA) is 71.5 Å². The largest absolute Gasteiger partial charge is 0.289 e. The van der Waals surface area contributed by atoms with Gasteiger partial charge in [-0.2, -0.15) is 4.31 Å². The van der Waals surface area contributed by atoms with E-state index in [1.807, 2.05) is 0 Å². The summed E-state index contributed by atoms with van der Waals surface area (Å²) >= 11 is 0. The predicted molar refractivity (Wildman–Crippen MR) is 42.8 cm³/mol. The molecule has 5 nitrogen and oxygen atoms in total. The van der Waals surface area contributed by atoms with Crippen LogP contribution in [0.15, 0.2) is 0 Å². The third kappa shape index (κ3) is 3.59. The number of carbonyl (C=O) groups is 1. The van der Waals surface area contributed by atoms with E-state index < -0.39 is 22.4 Å². The number of hydrogen-bond acceptors (Lipinski definition) is 4. The van der Waals surface area contributed by atoms with Gasteiger partial charge in [0.2, 0.25) is 15.8 Å². The molecule has 0 aromatic carbocycles. The number of ketones is 1. The highest BCUT2D eigenvalue weighted by Gasteiger charge is 2.17. The van der Waals surface area contributed by atoms with Crippen LogP contribution in [-0.4, -0.2) is 44.1 Å². The van der Waals surface area contributed by atoms with Crippen molar-refractivity contribution in [2.45, 2.75) is 6.92 Å². The molecule has 0 spiro atoms. The van der Waals surface area contributed by atoms with E-state index in [2.05, 4.69) is 0 Å². The van der Waals surface area contributed by atoms with Gasteiger partial charge in [0.25, 0.3) is 6.29 Å². The molecule has 0 heterocycles. The number of likely N-dealkylation sites (N-methyl/N-ethyl adjacent to an activating group) is 1. The first-order chi connectivity index (χ1) is 5.41. The fraction of sp³-hybridized carbons (Fsp3) is 0.667. The number of nitrogens with zero attached hydrogens (tertiary/aromatic N) is 1. The Morgan fingerprint density at radius 2 is 2.00 bits per heavy atom. The first kappa shape index (κ1) is 11.2. The molecule has 0 N–H and O–H groups in total. The number of carbonyl (C=O) groups excluding carboxylic acids is 2. The number of sulfonamides is 1. The summed E-state index contributed by atoms with van der Waals surface area (Å²) in [6, 6.07) is 0. The van der Waals surface area contributed by atoms with Crippen molar-refractivity contribution in [3.8, 4) is 0 Å². The van der Waals surface area contributed by atoms with Crippen molar-refractivity contribution < 1.29 is 18.0 Å². The van der Waals surface area contributed by atoms with Crippen molar-refractivity contribution in [1.82, 2.24) is 4.31 Å². The van der Waals surface area contributed by atoms with E-state index in [9.17, 15) is 18.0 Å². The summed E-state index contributed by atoms with van der Waals surface area (Å²) in [5.41, 5.74) is 0. The van der Waals surface area contributed by atoms with Gasteiger partial charge >= 0.3 is 0 Å². The summed E-state index contributed by atoms with van der Waals surface area (Å²) in [6.07, 6.45) is 2.09. The van der Waals surface area contributed by atoms with E-state index in [1.165, 1.54) is 0 Å². The highest BCUT2D eigenvalue weighted by Crippen LogP contribution is 1.95. The number of rotatable bonds is 5. The molecule has 0 unspecified atom stereocenters. The van der Waals surface area contributed by atoms with Gasteiger partial charge in [-0.15, -0.1) is 0 Å². The summed E-state index contributed by atoms with van der Waals surface area (Å²) in [5.74, 6) is -0.859. The van der Waals surface area contributed by atoms with Gasteiger partial charge in [0.1, 0.15) is 0 Å². The molecule has 0 saturated heterocycles. The van der Waals surface area contributed by atoms with Crippen molar-refractivity contribution in [3.63, 3.8) is 0 Å². The van der Waals surface area contributed by atoms with E-state index in [0.29, 0.717) is 0 Å². The molecule has 0 aliphatic carbocycles. The van der Waals surface area contributed by atoms with Crippen molar-refractivity contribution >= 4 is 22.1 Å². The molecule has 0 saturated carbocycles. The monoisotopic (exact) mass is 192 g/mol. The van der Waals surface area contributed by atoms with Gasteiger partial charge in [-0.1, -0.05) is 6.92 Å². The smallest absolute Gasteiger partial charge is 0.273 e. The standard InChI is InChI=1S/C6H10NO4S/c1-3-7(12(2,10)11)4-6(9)5-8/h3-4H2,1-2H3. The lowest BCUT2D eigenvalue weighted by Gasteiger charge is -2.14. The Balaban J connectivity index is 4.40. The molecule has 0 aliphatic heterocycles. The predicted octanol–water partition coefficient (Wildman–Crippen LogP) is -1.05. The normalized spacial score (nSPS) is 11.6. The van der Waals surface area contributed by atoms with Gasteiger partial charge in [-0.05, 0) is 0 Å². The fourth-order valence-electron chi connectivity index (χ4n) is 0.656. The molecule has 0 aromatic heterocycles. The molecule has 69 valence electrons. The minimum absolute atomic E-state index is 0.173. The lowest BCUT2D eigenvalue weighted by molar-refractivity contribution is -0.113. The minimum atomic E-state index is -3.39. The van der Waals surface area contributed by atoms with Crippen molar-refractivity contribution in [2.24, 2.45) is 0 Å². The van der Waals surface area contributed by atoms with Gasteiger partial charge in [-0.25, -0.2) is 8.42 Å². The minimum Gasteiger partial charge on any atom is -0.289 e. The maximum absolute atomic E-state index is 10.9. The molecule has 0 bridgehead atoms. The van der Waals surface area contributed by atoms with E-state index in [0.717, 1.165) is 16.8 Å². The van der Waals surface area contributed by atoms with Crippen LogP contribution in [0.1, 0.15) is 6.92 Å². The van der Waals surface area contributed by atoms with Crippen molar-refractivity contribution in [1.29, 1.82) is 0 Å². The molecular formula is C6H10NO4S. The average Bonchev–Trinajstić information content (AvgIpc) is 1.97. The Morgan fingerprint density at radius 3 is 2.25 bits per heavy atom. The third-order valence-electron chi connectivity index (χ3n) is 1.26. The van der Waals surface area contributed by atoms with E-state index in [4.69, 9.17) is 0 Å². The zero-order valence-electron chi connectivity index (χ0n) is 6.90. The van der Waals surface area contributed by atoms with Gasteiger partial charge in [0.15, 0.2) is 0 Å². The zero-order valence-corrected chi connectivity index (χ0v) is 7.72. The molecule has 0 aromatic rings. The van der Waals surface area contributed by atoms with E-state index >= 15 is 0 Å². The fourth-order valence-corrected chi connectivity index (χ4v) is 1.48. The lowest BCUT2D eigenvalue weighted by atomic mass is 10.4. The molecule has 6 heteroatoms. The van der Waals surface area contributed by atoms with Gasteiger partial charge in [0.05, 0.1) is 12.8 Å². The zero-order chi connectivity index (χ0) is 9.78. The molecule has 0 fully saturated rings. The Morgan fingerprint density at radius 1 is 1.50 bits per heavy atom. The average molecular weight is 192 g/mol. The highest BCUT2D eigenvalue weighted by atomic mass is 32.2. The van der Waals surface area contributed by atoms with Crippen molar-refractivity contribution in [3.05, 3.63) is 0 Å². The Labute approximate surface area is 71.4 Å². The molecule has 1 radical (unpaired) electrons. The third-order valence-corrected chi connectivity index (χ3v) is 2.58. The van der Waals surface area contributed by atoms with E-state index in [1.54, 1.807) is 6.92 Å². The Kier molecular flexibility index (Phi) is 4.05. The first-order valence-corrected chi connectivity index (χ1v) is 5.12. The van der Waals surface area contributed by atoms with Gasteiger partial charge < -0.3 is 0 Å².